The van der Waals surface area contributed by atoms with Gasteiger partial charge in [0.2, 0.25) is 0 Å². The van der Waals surface area contributed by atoms with Crippen molar-refractivity contribution in [2.75, 3.05) is 6.61 Å². The van der Waals surface area contributed by atoms with Crippen LogP contribution in [0.5, 0.6) is 0 Å². The molecule has 0 aromatic carbocycles. The maximum Gasteiger partial charge on any atom is 0.0783 e. The first-order valence-corrected chi connectivity index (χ1v) is 12.3. The summed E-state index contributed by atoms with van der Waals surface area (Å²) in [5.41, 5.74) is 0. The van der Waals surface area contributed by atoms with E-state index in [9.17, 15) is 0 Å². The van der Waals surface area contributed by atoms with Crippen molar-refractivity contribution in [3.05, 3.63) is 0 Å². The van der Waals surface area contributed by atoms with Crippen LogP contribution in [0, 0.1) is 0 Å². The van der Waals surface area contributed by atoms with Crippen molar-refractivity contribution < 1.29 is 4.74 Å². The second kappa shape index (κ2) is 3.21. The summed E-state index contributed by atoms with van der Waals surface area (Å²) < 4.78 is 6.19. The second-order valence-electron chi connectivity index (χ2n) is 6.28. The molecule has 1 rings (SSSR count). The van der Waals surface area contributed by atoms with E-state index in [2.05, 4.69) is 39.3 Å². The van der Waals surface area contributed by atoms with Crippen molar-refractivity contribution in [3.8, 4) is 0 Å². The van der Waals surface area contributed by atoms with Crippen LogP contribution in [0.3, 0.4) is 0 Å². The van der Waals surface area contributed by atoms with Gasteiger partial charge in [0, 0.05) is 11.5 Å². The van der Waals surface area contributed by atoms with Gasteiger partial charge in [0.05, 0.1) is 16.1 Å². The smallest absolute Gasteiger partial charge is 0.0783 e. The highest BCUT2D eigenvalue weighted by atomic mass is 28.4. The Balaban J connectivity index is 3.02. The normalized spacial score (nSPS) is 23.5. The molecular formula is C10H24OSi2. The molecule has 0 aromatic heterocycles. The summed E-state index contributed by atoms with van der Waals surface area (Å²) in [5.74, 6) is 0. The van der Waals surface area contributed by atoms with E-state index in [0.29, 0.717) is 4.85 Å². The highest BCUT2D eigenvalue weighted by molar-refractivity contribution is 6.98. The van der Waals surface area contributed by atoms with Crippen molar-refractivity contribution in [2.24, 2.45) is 0 Å². The molecule has 0 aliphatic carbocycles. The van der Waals surface area contributed by atoms with Crippen LogP contribution >= 0.6 is 0 Å². The molecule has 1 saturated heterocycles. The fourth-order valence-electron chi connectivity index (χ4n) is 2.95. The molecular weight excluding hydrogens is 192 g/mol. The van der Waals surface area contributed by atoms with Crippen LogP contribution in [0.25, 0.3) is 0 Å². The van der Waals surface area contributed by atoms with E-state index in [-0.39, 0.29) is 0 Å². The molecule has 1 aliphatic heterocycles. The van der Waals surface area contributed by atoms with E-state index >= 15 is 0 Å². The average Bonchev–Trinajstić information content (AvgIpc) is 2.28. The van der Waals surface area contributed by atoms with Crippen LogP contribution in [0.4, 0.5) is 0 Å². The highest BCUT2D eigenvalue weighted by Gasteiger charge is 2.55. The Morgan fingerprint density at radius 2 is 1.38 bits per heavy atom. The molecule has 78 valence electrons. The fraction of sp³-hybridized carbons (Fsp3) is 1.00. The molecule has 0 atom stereocenters. The lowest BCUT2D eigenvalue weighted by Crippen LogP contribution is -2.66. The molecule has 0 saturated carbocycles. The maximum absolute atomic E-state index is 6.19. The molecule has 1 fully saturated rings. The van der Waals surface area contributed by atoms with Gasteiger partial charge in [0.15, 0.2) is 0 Å². The molecule has 0 bridgehead atoms. The van der Waals surface area contributed by atoms with Crippen LogP contribution < -0.4 is 0 Å². The Morgan fingerprint density at radius 1 is 0.923 bits per heavy atom. The van der Waals surface area contributed by atoms with E-state index < -0.39 is 16.1 Å². The number of hydrogen-bond acceptors (Lipinski definition) is 1. The van der Waals surface area contributed by atoms with Gasteiger partial charge in [0.25, 0.3) is 0 Å². The SMILES string of the molecule is C[Si](C)(C)C1([Si](C)(C)C)CCCO1. The van der Waals surface area contributed by atoms with Crippen molar-refractivity contribution in [3.63, 3.8) is 0 Å². The Bertz CT molecular complexity index is 166. The predicted octanol–water partition coefficient (Wildman–Crippen LogP) is 3.29. The van der Waals surface area contributed by atoms with Crippen LogP contribution in [-0.4, -0.2) is 27.6 Å². The first-order valence-electron chi connectivity index (χ1n) is 5.35. The van der Waals surface area contributed by atoms with Crippen molar-refractivity contribution in [2.45, 2.75) is 57.0 Å². The van der Waals surface area contributed by atoms with Crippen molar-refractivity contribution in [1.82, 2.24) is 0 Å². The minimum absolute atomic E-state index is 0.347. The lowest BCUT2D eigenvalue weighted by molar-refractivity contribution is 0.120. The van der Waals surface area contributed by atoms with Crippen molar-refractivity contribution in [1.29, 1.82) is 0 Å². The van der Waals surface area contributed by atoms with Crippen LogP contribution in [0.2, 0.25) is 39.3 Å². The van der Waals surface area contributed by atoms with E-state index in [1.807, 2.05) is 0 Å². The number of ether oxygens (including phenoxy) is 1. The summed E-state index contributed by atoms with van der Waals surface area (Å²) in [6.45, 7) is 15.8. The van der Waals surface area contributed by atoms with Gasteiger partial charge >= 0.3 is 0 Å². The standard InChI is InChI=1S/C10H24OSi2/c1-12(2,3)10(13(4,5)6)8-7-9-11-10/h7-9H2,1-6H3. The summed E-state index contributed by atoms with van der Waals surface area (Å²) in [6, 6.07) is 0. The number of hydrogen-bond donors (Lipinski definition) is 0. The van der Waals surface area contributed by atoms with Gasteiger partial charge in [-0.1, -0.05) is 39.3 Å². The third kappa shape index (κ3) is 1.78. The fourth-order valence-corrected chi connectivity index (χ4v) is 14.9. The zero-order chi connectivity index (χ0) is 10.3. The van der Waals surface area contributed by atoms with E-state index in [4.69, 9.17) is 4.74 Å². The van der Waals surface area contributed by atoms with E-state index in [1.165, 1.54) is 12.8 Å². The van der Waals surface area contributed by atoms with Gasteiger partial charge < -0.3 is 4.74 Å². The second-order valence-corrected chi connectivity index (χ2v) is 17.4. The molecule has 0 spiro atoms. The molecule has 13 heavy (non-hydrogen) atoms. The zero-order valence-electron chi connectivity index (χ0n) is 10.0. The average molecular weight is 216 g/mol. The zero-order valence-corrected chi connectivity index (χ0v) is 12.0. The van der Waals surface area contributed by atoms with Gasteiger partial charge in [0.1, 0.15) is 0 Å². The molecule has 3 heteroatoms. The Morgan fingerprint density at radius 3 is 1.54 bits per heavy atom. The molecule has 0 aromatic rings. The molecule has 1 heterocycles. The van der Waals surface area contributed by atoms with Crippen LogP contribution in [0.1, 0.15) is 12.8 Å². The summed E-state index contributed by atoms with van der Waals surface area (Å²) in [7, 11) is -2.34. The Hall–Kier alpha value is 0.394. The summed E-state index contributed by atoms with van der Waals surface area (Å²) in [6.07, 6.45) is 2.62. The third-order valence-electron chi connectivity index (χ3n) is 3.44. The maximum atomic E-state index is 6.19. The third-order valence-corrected chi connectivity index (χ3v) is 13.6. The van der Waals surface area contributed by atoms with Gasteiger partial charge in [-0.3, -0.25) is 0 Å². The molecule has 1 aliphatic rings. The molecule has 0 amide bonds. The van der Waals surface area contributed by atoms with Gasteiger partial charge in [-0.2, -0.15) is 0 Å². The summed E-state index contributed by atoms with van der Waals surface area (Å²) in [4.78, 5) is 0.347. The topological polar surface area (TPSA) is 9.23 Å². The molecule has 0 unspecified atom stereocenters. The van der Waals surface area contributed by atoms with E-state index in [1.54, 1.807) is 0 Å². The monoisotopic (exact) mass is 216 g/mol. The number of rotatable bonds is 2. The first-order chi connectivity index (χ1) is 5.71. The first kappa shape index (κ1) is 11.5. The molecule has 1 nitrogen and oxygen atoms in total. The summed E-state index contributed by atoms with van der Waals surface area (Å²) >= 11 is 0. The predicted molar refractivity (Wildman–Crippen MR) is 64.6 cm³/mol. The molecule has 0 radical (unpaired) electrons. The quantitative estimate of drug-likeness (QED) is 0.644. The lowest BCUT2D eigenvalue weighted by Gasteiger charge is -2.48. The Kier molecular flexibility index (Phi) is 2.83. The highest BCUT2D eigenvalue weighted by Crippen LogP contribution is 2.42. The largest absolute Gasteiger partial charge is 0.382 e. The minimum atomic E-state index is -1.17. The van der Waals surface area contributed by atoms with Gasteiger partial charge in [-0.25, -0.2) is 0 Å². The molecule has 0 N–H and O–H groups in total. The van der Waals surface area contributed by atoms with E-state index in [0.717, 1.165) is 6.61 Å². The summed E-state index contributed by atoms with van der Waals surface area (Å²) in [5, 5.41) is 0. The van der Waals surface area contributed by atoms with Gasteiger partial charge in [-0.15, -0.1) is 0 Å². The van der Waals surface area contributed by atoms with Crippen molar-refractivity contribution >= 4 is 16.1 Å². The lowest BCUT2D eigenvalue weighted by atomic mass is 10.4. The minimum Gasteiger partial charge on any atom is -0.382 e. The van der Waals surface area contributed by atoms with Crippen LogP contribution in [-0.2, 0) is 4.74 Å². The van der Waals surface area contributed by atoms with Crippen LogP contribution in [0.15, 0.2) is 0 Å². The van der Waals surface area contributed by atoms with Gasteiger partial charge in [-0.05, 0) is 12.8 Å². The Labute approximate surface area is 84.9 Å².